The van der Waals surface area contributed by atoms with Crippen LogP contribution in [-0.4, -0.2) is 12.6 Å². The van der Waals surface area contributed by atoms with Gasteiger partial charge < -0.3 is 4.74 Å². The van der Waals surface area contributed by atoms with Crippen molar-refractivity contribution >= 4 is 17.3 Å². The van der Waals surface area contributed by atoms with Gasteiger partial charge in [-0.25, -0.2) is 9.18 Å². The van der Waals surface area contributed by atoms with Crippen LogP contribution >= 0.6 is 11.3 Å². The van der Waals surface area contributed by atoms with Gasteiger partial charge in [0.05, 0.1) is 17.7 Å². The van der Waals surface area contributed by atoms with Crippen LogP contribution in [0.1, 0.15) is 20.8 Å². The highest BCUT2D eigenvalue weighted by atomic mass is 32.1. The van der Waals surface area contributed by atoms with E-state index in [1.807, 2.05) is 17.5 Å². The summed E-state index contributed by atoms with van der Waals surface area (Å²) in [6, 6.07) is 5.32. The van der Waals surface area contributed by atoms with Crippen molar-refractivity contribution in [2.75, 3.05) is 6.61 Å². The van der Waals surface area contributed by atoms with E-state index in [0.717, 1.165) is 4.88 Å². The Kier molecular flexibility index (Phi) is 4.62. The maximum absolute atomic E-state index is 13.4. The molecular weight excluding hydrogens is 308 g/mol. The van der Waals surface area contributed by atoms with Crippen molar-refractivity contribution in [2.45, 2.75) is 12.6 Å². The van der Waals surface area contributed by atoms with E-state index in [1.54, 1.807) is 0 Å². The van der Waals surface area contributed by atoms with E-state index in [2.05, 4.69) is 0 Å². The first kappa shape index (κ1) is 15.5. The van der Waals surface area contributed by atoms with Crippen LogP contribution in [0.15, 0.2) is 35.7 Å². The summed E-state index contributed by atoms with van der Waals surface area (Å²) in [5, 5.41) is 1.85. The average Bonchev–Trinajstić information content (AvgIpc) is 2.91. The van der Waals surface area contributed by atoms with Crippen LogP contribution in [0, 0.1) is 5.82 Å². The highest BCUT2D eigenvalue weighted by molar-refractivity contribution is 7.09. The lowest BCUT2D eigenvalue weighted by Crippen LogP contribution is -2.13. The molecule has 2 aromatic rings. The standard InChI is InChI=1S/C14H10F4O2S/c15-12-4-3-9(14(16,17)18)8-11(12)13(19)20-6-5-10-2-1-7-21-10/h1-4,7-8H,5-6H2. The van der Waals surface area contributed by atoms with Crippen LogP contribution in [0.25, 0.3) is 0 Å². The molecule has 1 aromatic heterocycles. The third-order valence-corrected chi connectivity index (χ3v) is 3.61. The molecule has 0 N–H and O–H groups in total. The molecule has 112 valence electrons. The van der Waals surface area contributed by atoms with Crippen molar-refractivity contribution in [3.63, 3.8) is 0 Å². The largest absolute Gasteiger partial charge is 0.462 e. The molecule has 0 saturated heterocycles. The normalized spacial score (nSPS) is 11.4. The number of alkyl halides is 3. The quantitative estimate of drug-likeness (QED) is 0.620. The summed E-state index contributed by atoms with van der Waals surface area (Å²) in [5.41, 5.74) is -1.80. The van der Waals surface area contributed by atoms with E-state index in [9.17, 15) is 22.4 Å². The third kappa shape index (κ3) is 4.04. The lowest BCUT2D eigenvalue weighted by atomic mass is 10.1. The van der Waals surface area contributed by atoms with Gasteiger partial charge in [0.1, 0.15) is 5.82 Å². The van der Waals surface area contributed by atoms with Gasteiger partial charge in [0.15, 0.2) is 0 Å². The number of thiophene rings is 1. The van der Waals surface area contributed by atoms with Gasteiger partial charge in [-0.05, 0) is 29.6 Å². The number of benzene rings is 1. The van der Waals surface area contributed by atoms with Gasteiger partial charge in [-0.15, -0.1) is 11.3 Å². The van der Waals surface area contributed by atoms with Crippen LogP contribution in [0.2, 0.25) is 0 Å². The monoisotopic (exact) mass is 318 g/mol. The van der Waals surface area contributed by atoms with Gasteiger partial charge in [-0.2, -0.15) is 13.2 Å². The minimum atomic E-state index is -4.64. The van der Waals surface area contributed by atoms with Crippen LogP contribution in [-0.2, 0) is 17.3 Å². The molecule has 0 radical (unpaired) electrons. The molecule has 1 aromatic carbocycles. The molecule has 2 rings (SSSR count). The first-order chi connectivity index (χ1) is 9.88. The van der Waals surface area contributed by atoms with E-state index in [-0.39, 0.29) is 6.61 Å². The van der Waals surface area contributed by atoms with Crippen LogP contribution < -0.4 is 0 Å². The molecule has 2 nitrogen and oxygen atoms in total. The molecule has 0 fully saturated rings. The van der Waals surface area contributed by atoms with E-state index in [4.69, 9.17) is 4.74 Å². The number of carbonyl (C=O) groups is 1. The number of carbonyl (C=O) groups excluding carboxylic acids is 1. The van der Waals surface area contributed by atoms with E-state index in [0.29, 0.717) is 24.6 Å². The predicted molar refractivity (Wildman–Crippen MR) is 69.7 cm³/mol. The molecule has 7 heteroatoms. The molecular formula is C14H10F4O2S. The fraction of sp³-hybridized carbons (Fsp3) is 0.214. The van der Waals surface area contributed by atoms with Crippen LogP contribution in [0.4, 0.5) is 17.6 Å². The van der Waals surface area contributed by atoms with Crippen molar-refractivity contribution in [1.29, 1.82) is 0 Å². The first-order valence-corrected chi connectivity index (χ1v) is 6.82. The zero-order valence-corrected chi connectivity index (χ0v) is 11.4. The Labute approximate surface area is 122 Å². The summed E-state index contributed by atoms with van der Waals surface area (Å²) < 4.78 is 55.8. The van der Waals surface area contributed by atoms with Gasteiger partial charge in [0.2, 0.25) is 0 Å². The topological polar surface area (TPSA) is 26.3 Å². The number of halogens is 4. The Hall–Kier alpha value is -1.89. The smallest absolute Gasteiger partial charge is 0.416 e. The predicted octanol–water partition coefficient (Wildman–Crippen LogP) is 4.31. The van der Waals surface area contributed by atoms with E-state index >= 15 is 0 Å². The highest BCUT2D eigenvalue weighted by Gasteiger charge is 2.32. The summed E-state index contributed by atoms with van der Waals surface area (Å²) in [5.74, 6) is -2.14. The summed E-state index contributed by atoms with van der Waals surface area (Å²) in [4.78, 5) is 12.6. The number of hydrogen-bond donors (Lipinski definition) is 0. The third-order valence-electron chi connectivity index (χ3n) is 2.68. The molecule has 21 heavy (non-hydrogen) atoms. The van der Waals surface area contributed by atoms with Crippen molar-refractivity contribution in [3.8, 4) is 0 Å². The maximum atomic E-state index is 13.4. The SMILES string of the molecule is O=C(OCCc1cccs1)c1cc(C(F)(F)F)ccc1F. The number of esters is 1. The van der Waals surface area contributed by atoms with Gasteiger partial charge in [-0.1, -0.05) is 6.07 Å². The Morgan fingerprint density at radius 2 is 2.00 bits per heavy atom. The molecule has 0 saturated carbocycles. The number of rotatable bonds is 4. The molecule has 0 aliphatic heterocycles. The summed E-state index contributed by atoms with van der Waals surface area (Å²) in [6.45, 7) is -0.0188. The maximum Gasteiger partial charge on any atom is 0.416 e. The Bertz CT molecular complexity index is 620. The lowest BCUT2D eigenvalue weighted by Gasteiger charge is -2.09. The lowest BCUT2D eigenvalue weighted by molar-refractivity contribution is -0.137. The molecule has 0 bridgehead atoms. The second-order valence-corrected chi connectivity index (χ2v) is 5.19. The van der Waals surface area contributed by atoms with Crippen LogP contribution in [0.5, 0.6) is 0 Å². The second kappa shape index (κ2) is 6.26. The number of ether oxygens (including phenoxy) is 1. The zero-order valence-electron chi connectivity index (χ0n) is 10.6. The Morgan fingerprint density at radius 1 is 1.24 bits per heavy atom. The second-order valence-electron chi connectivity index (χ2n) is 4.16. The Balaban J connectivity index is 2.04. The summed E-state index contributed by atoms with van der Waals surface area (Å²) in [7, 11) is 0. The van der Waals surface area contributed by atoms with Gasteiger partial charge in [0.25, 0.3) is 0 Å². The molecule has 1 heterocycles. The minimum absolute atomic E-state index is 0.0188. The van der Waals surface area contributed by atoms with E-state index in [1.165, 1.54) is 11.3 Å². The first-order valence-electron chi connectivity index (χ1n) is 5.94. The molecule has 0 aliphatic rings. The van der Waals surface area contributed by atoms with Gasteiger partial charge in [-0.3, -0.25) is 0 Å². The molecule has 0 atom stereocenters. The van der Waals surface area contributed by atoms with Crippen molar-refractivity contribution in [2.24, 2.45) is 0 Å². The highest BCUT2D eigenvalue weighted by Crippen LogP contribution is 2.30. The van der Waals surface area contributed by atoms with Gasteiger partial charge >= 0.3 is 12.1 Å². The summed E-state index contributed by atoms with van der Waals surface area (Å²) >= 11 is 1.47. The van der Waals surface area contributed by atoms with Crippen molar-refractivity contribution in [3.05, 3.63) is 57.5 Å². The molecule has 0 unspecified atom stereocenters. The number of hydrogen-bond acceptors (Lipinski definition) is 3. The fourth-order valence-corrected chi connectivity index (χ4v) is 2.33. The van der Waals surface area contributed by atoms with Crippen molar-refractivity contribution in [1.82, 2.24) is 0 Å². The van der Waals surface area contributed by atoms with Gasteiger partial charge in [0, 0.05) is 11.3 Å². The molecule has 0 aliphatic carbocycles. The van der Waals surface area contributed by atoms with Crippen LogP contribution in [0.3, 0.4) is 0 Å². The average molecular weight is 318 g/mol. The fourth-order valence-electron chi connectivity index (χ4n) is 1.63. The zero-order chi connectivity index (χ0) is 15.5. The Morgan fingerprint density at radius 3 is 2.62 bits per heavy atom. The summed E-state index contributed by atoms with van der Waals surface area (Å²) in [6.07, 6.45) is -4.20. The van der Waals surface area contributed by atoms with E-state index < -0.39 is 29.1 Å². The minimum Gasteiger partial charge on any atom is -0.462 e. The molecule has 0 amide bonds. The van der Waals surface area contributed by atoms with Crippen molar-refractivity contribution < 1.29 is 27.1 Å². The molecule has 0 spiro atoms.